The molecule has 1 saturated carbocycles. The molecule has 3 heteroatoms. The molecule has 20 heavy (non-hydrogen) atoms. The summed E-state index contributed by atoms with van der Waals surface area (Å²) in [7, 11) is 0. The molecule has 0 heterocycles. The highest BCUT2D eigenvalue weighted by atomic mass is 16.5. The number of hydrogen-bond donors (Lipinski definition) is 1. The minimum absolute atomic E-state index is 0.755. The molecule has 0 bridgehead atoms. The monoisotopic (exact) mass is 277 g/mol. The van der Waals surface area contributed by atoms with Crippen LogP contribution in [0.5, 0.6) is 11.5 Å². The quantitative estimate of drug-likeness (QED) is 0.697. The van der Waals surface area contributed by atoms with Gasteiger partial charge in [-0.3, -0.25) is 0 Å². The van der Waals surface area contributed by atoms with E-state index in [9.17, 15) is 0 Å². The molecule has 1 aromatic rings. The largest absolute Gasteiger partial charge is 0.494 e. The lowest BCUT2D eigenvalue weighted by atomic mass is 10.2. The Labute approximate surface area is 122 Å². The summed E-state index contributed by atoms with van der Waals surface area (Å²) in [5, 5.41) is 3.60. The van der Waals surface area contributed by atoms with Crippen LogP contribution in [0.4, 0.5) is 0 Å². The van der Waals surface area contributed by atoms with Gasteiger partial charge in [-0.1, -0.05) is 19.8 Å². The van der Waals surface area contributed by atoms with Crippen molar-refractivity contribution in [3.8, 4) is 11.5 Å². The maximum atomic E-state index is 5.73. The molecular weight excluding hydrogens is 250 g/mol. The van der Waals surface area contributed by atoms with Crippen LogP contribution in [0.1, 0.15) is 45.4 Å². The zero-order valence-electron chi connectivity index (χ0n) is 12.6. The van der Waals surface area contributed by atoms with Crippen LogP contribution in [-0.2, 0) is 0 Å². The third-order valence-corrected chi connectivity index (χ3v) is 3.67. The van der Waals surface area contributed by atoms with E-state index in [0.717, 1.165) is 50.1 Å². The molecule has 112 valence electrons. The van der Waals surface area contributed by atoms with Gasteiger partial charge in [-0.2, -0.15) is 0 Å². The molecule has 0 radical (unpaired) electrons. The summed E-state index contributed by atoms with van der Waals surface area (Å²) in [5.74, 6) is 1.84. The standard InChI is InChI=1S/C17H27NO2/c1-2-13-19-16-8-10-17(11-9-16)20-14-5-12-18-15-6-3-4-7-15/h8-11,15,18H,2-7,12-14H2,1H3. The number of benzene rings is 1. The Morgan fingerprint density at radius 1 is 1.00 bits per heavy atom. The van der Waals surface area contributed by atoms with Crippen molar-refractivity contribution in [3.63, 3.8) is 0 Å². The van der Waals surface area contributed by atoms with Crippen molar-refractivity contribution < 1.29 is 9.47 Å². The Bertz CT molecular complexity index is 358. The summed E-state index contributed by atoms with van der Waals surface area (Å²) in [6, 6.07) is 8.67. The molecule has 1 aliphatic rings. The smallest absolute Gasteiger partial charge is 0.119 e. The first-order valence-electron chi connectivity index (χ1n) is 7.97. The second-order valence-corrected chi connectivity index (χ2v) is 5.46. The normalized spacial score (nSPS) is 15.4. The molecule has 0 spiro atoms. The SMILES string of the molecule is CCCOc1ccc(OCCCNC2CCCC2)cc1. The summed E-state index contributed by atoms with van der Waals surface area (Å²) < 4.78 is 11.3. The van der Waals surface area contributed by atoms with Gasteiger partial charge in [0.25, 0.3) is 0 Å². The van der Waals surface area contributed by atoms with Gasteiger partial charge in [0.05, 0.1) is 13.2 Å². The molecule has 0 atom stereocenters. The van der Waals surface area contributed by atoms with Gasteiger partial charge in [0.2, 0.25) is 0 Å². The van der Waals surface area contributed by atoms with E-state index in [1.807, 2.05) is 24.3 Å². The lowest BCUT2D eigenvalue weighted by molar-refractivity contribution is 0.300. The third kappa shape index (κ3) is 5.41. The highest BCUT2D eigenvalue weighted by Gasteiger charge is 2.13. The van der Waals surface area contributed by atoms with Gasteiger partial charge in [-0.15, -0.1) is 0 Å². The van der Waals surface area contributed by atoms with E-state index < -0.39 is 0 Å². The molecule has 0 aromatic heterocycles. The highest BCUT2D eigenvalue weighted by molar-refractivity contribution is 5.31. The zero-order chi connectivity index (χ0) is 14.0. The van der Waals surface area contributed by atoms with Gasteiger partial charge in [-0.05, 0) is 56.5 Å². The maximum Gasteiger partial charge on any atom is 0.119 e. The van der Waals surface area contributed by atoms with Crippen molar-refractivity contribution >= 4 is 0 Å². The molecule has 0 saturated heterocycles. The predicted molar refractivity (Wildman–Crippen MR) is 82.6 cm³/mol. The van der Waals surface area contributed by atoms with Crippen molar-refractivity contribution in [2.45, 2.75) is 51.5 Å². The first-order valence-corrected chi connectivity index (χ1v) is 7.97. The minimum atomic E-state index is 0.755. The lowest BCUT2D eigenvalue weighted by Gasteiger charge is -2.12. The van der Waals surface area contributed by atoms with Gasteiger partial charge >= 0.3 is 0 Å². The summed E-state index contributed by atoms with van der Waals surface area (Å²) in [6.45, 7) is 4.71. The molecule has 0 unspecified atom stereocenters. The Hall–Kier alpha value is -1.22. The Morgan fingerprint density at radius 3 is 2.20 bits per heavy atom. The van der Waals surface area contributed by atoms with Gasteiger partial charge < -0.3 is 14.8 Å². The highest BCUT2D eigenvalue weighted by Crippen LogP contribution is 2.18. The number of ether oxygens (including phenoxy) is 2. The van der Waals surface area contributed by atoms with Crippen molar-refractivity contribution in [2.24, 2.45) is 0 Å². The fraction of sp³-hybridized carbons (Fsp3) is 0.647. The number of nitrogens with one attached hydrogen (secondary N) is 1. The predicted octanol–water partition coefficient (Wildman–Crippen LogP) is 3.78. The molecule has 1 fully saturated rings. The fourth-order valence-corrected chi connectivity index (χ4v) is 2.55. The molecule has 0 amide bonds. The Balaban J connectivity index is 1.56. The maximum absolute atomic E-state index is 5.73. The molecule has 1 aliphatic carbocycles. The average Bonchev–Trinajstić information content (AvgIpc) is 2.99. The van der Waals surface area contributed by atoms with Crippen LogP contribution in [0.2, 0.25) is 0 Å². The molecule has 1 aromatic carbocycles. The second kappa shape index (κ2) is 8.85. The van der Waals surface area contributed by atoms with Crippen LogP contribution in [0.25, 0.3) is 0 Å². The summed E-state index contributed by atoms with van der Waals surface area (Å²) in [6.07, 6.45) is 7.57. The van der Waals surface area contributed by atoms with Crippen molar-refractivity contribution in [3.05, 3.63) is 24.3 Å². The van der Waals surface area contributed by atoms with Crippen molar-refractivity contribution in [1.29, 1.82) is 0 Å². The van der Waals surface area contributed by atoms with E-state index in [-0.39, 0.29) is 0 Å². The molecule has 2 rings (SSSR count). The minimum Gasteiger partial charge on any atom is -0.494 e. The summed E-state index contributed by atoms with van der Waals surface area (Å²) >= 11 is 0. The summed E-state index contributed by atoms with van der Waals surface area (Å²) in [5.41, 5.74) is 0. The van der Waals surface area contributed by atoms with Crippen LogP contribution in [0.15, 0.2) is 24.3 Å². The van der Waals surface area contributed by atoms with E-state index in [2.05, 4.69) is 12.2 Å². The lowest BCUT2D eigenvalue weighted by Crippen LogP contribution is -2.27. The van der Waals surface area contributed by atoms with Crippen LogP contribution in [0, 0.1) is 0 Å². The molecule has 1 N–H and O–H groups in total. The number of rotatable bonds is 9. The van der Waals surface area contributed by atoms with Crippen LogP contribution < -0.4 is 14.8 Å². The first kappa shape index (κ1) is 15.2. The van der Waals surface area contributed by atoms with Crippen LogP contribution in [0.3, 0.4) is 0 Å². The Morgan fingerprint density at radius 2 is 1.60 bits per heavy atom. The van der Waals surface area contributed by atoms with Gasteiger partial charge in [0, 0.05) is 6.04 Å². The van der Waals surface area contributed by atoms with E-state index in [1.165, 1.54) is 25.7 Å². The van der Waals surface area contributed by atoms with E-state index in [0.29, 0.717) is 0 Å². The van der Waals surface area contributed by atoms with Gasteiger partial charge in [-0.25, -0.2) is 0 Å². The van der Waals surface area contributed by atoms with Crippen LogP contribution in [-0.4, -0.2) is 25.8 Å². The Kier molecular flexibility index (Phi) is 6.72. The average molecular weight is 277 g/mol. The van der Waals surface area contributed by atoms with Gasteiger partial charge in [0.1, 0.15) is 11.5 Å². The topological polar surface area (TPSA) is 30.5 Å². The molecule has 0 aliphatic heterocycles. The second-order valence-electron chi connectivity index (χ2n) is 5.46. The van der Waals surface area contributed by atoms with E-state index >= 15 is 0 Å². The molecule has 3 nitrogen and oxygen atoms in total. The van der Waals surface area contributed by atoms with Crippen molar-refractivity contribution in [2.75, 3.05) is 19.8 Å². The first-order chi connectivity index (χ1) is 9.88. The summed E-state index contributed by atoms with van der Waals surface area (Å²) in [4.78, 5) is 0. The van der Waals surface area contributed by atoms with Crippen LogP contribution >= 0.6 is 0 Å². The van der Waals surface area contributed by atoms with E-state index in [4.69, 9.17) is 9.47 Å². The van der Waals surface area contributed by atoms with Gasteiger partial charge in [0.15, 0.2) is 0 Å². The van der Waals surface area contributed by atoms with Crippen molar-refractivity contribution in [1.82, 2.24) is 5.32 Å². The molecular formula is C17H27NO2. The fourth-order valence-electron chi connectivity index (χ4n) is 2.55. The zero-order valence-corrected chi connectivity index (χ0v) is 12.6. The number of hydrogen-bond acceptors (Lipinski definition) is 3. The van der Waals surface area contributed by atoms with E-state index in [1.54, 1.807) is 0 Å². The third-order valence-electron chi connectivity index (χ3n) is 3.67.